The molecular weight excluding hydrogens is 398 g/mol. The number of amides is 1. The lowest BCUT2D eigenvalue weighted by molar-refractivity contribution is -0.142. The Hall–Kier alpha value is -3.07. The zero-order chi connectivity index (χ0) is 21.1. The van der Waals surface area contributed by atoms with Gasteiger partial charge in [-0.25, -0.2) is 4.79 Å². The first-order valence-corrected chi connectivity index (χ1v) is 9.61. The number of anilines is 1. The van der Waals surface area contributed by atoms with Crippen molar-refractivity contribution in [3.05, 3.63) is 39.8 Å². The molecule has 0 saturated carbocycles. The molecule has 1 aromatic heterocycles. The van der Waals surface area contributed by atoms with Crippen LogP contribution in [-0.4, -0.2) is 46.3 Å². The van der Waals surface area contributed by atoms with Crippen LogP contribution in [0.1, 0.15) is 43.5 Å². The van der Waals surface area contributed by atoms with Crippen molar-refractivity contribution in [1.29, 1.82) is 0 Å². The molecule has 154 valence electrons. The molecule has 0 radical (unpaired) electrons. The molecule has 1 heterocycles. The molecule has 0 aliphatic heterocycles. The number of fused-ring (bicyclic) bond motifs is 1. The van der Waals surface area contributed by atoms with Crippen LogP contribution in [0.5, 0.6) is 11.5 Å². The number of ether oxygens (including phenoxy) is 4. The maximum Gasteiger partial charge on any atom is 0.341 e. The normalized spacial score (nSPS) is 14.7. The van der Waals surface area contributed by atoms with Gasteiger partial charge >= 0.3 is 11.9 Å². The second kappa shape index (κ2) is 8.52. The van der Waals surface area contributed by atoms with Crippen molar-refractivity contribution in [3.63, 3.8) is 0 Å². The Bertz CT molecular complexity index is 966. The molecule has 0 fully saturated rings. The van der Waals surface area contributed by atoms with Gasteiger partial charge < -0.3 is 24.3 Å². The van der Waals surface area contributed by atoms with Crippen molar-refractivity contribution in [3.8, 4) is 11.5 Å². The fraction of sp³-hybridized carbons (Fsp3) is 0.350. The van der Waals surface area contributed by atoms with Gasteiger partial charge in [0, 0.05) is 10.4 Å². The maximum atomic E-state index is 12.8. The van der Waals surface area contributed by atoms with E-state index >= 15 is 0 Å². The van der Waals surface area contributed by atoms with Crippen molar-refractivity contribution in [2.75, 3.05) is 33.8 Å². The van der Waals surface area contributed by atoms with Crippen LogP contribution in [0.25, 0.3) is 0 Å². The molecule has 2 aromatic rings. The zero-order valence-electron chi connectivity index (χ0n) is 16.5. The highest BCUT2D eigenvalue weighted by atomic mass is 32.1. The van der Waals surface area contributed by atoms with Crippen molar-refractivity contribution in [2.45, 2.75) is 18.8 Å². The van der Waals surface area contributed by atoms with Crippen LogP contribution in [0.3, 0.4) is 0 Å². The molecule has 3 rings (SSSR count). The Morgan fingerprint density at radius 1 is 1.03 bits per heavy atom. The molecule has 1 aliphatic carbocycles. The first kappa shape index (κ1) is 20.7. The predicted octanol–water partition coefficient (Wildman–Crippen LogP) is 3.01. The number of methoxy groups -OCH3 is 4. The molecule has 0 saturated heterocycles. The number of thiophene rings is 1. The summed E-state index contributed by atoms with van der Waals surface area (Å²) in [4.78, 5) is 38.3. The lowest BCUT2D eigenvalue weighted by atomic mass is 9.99. The fourth-order valence-electron chi connectivity index (χ4n) is 3.39. The van der Waals surface area contributed by atoms with Crippen LogP contribution in [0.2, 0.25) is 0 Å². The lowest BCUT2D eigenvalue weighted by Crippen LogP contribution is -2.17. The summed E-state index contributed by atoms with van der Waals surface area (Å²) in [5.74, 6) is -1.09. The molecule has 29 heavy (non-hydrogen) atoms. The summed E-state index contributed by atoms with van der Waals surface area (Å²) >= 11 is 1.27. The third kappa shape index (κ3) is 3.77. The average molecular weight is 419 g/mol. The van der Waals surface area contributed by atoms with Gasteiger partial charge in [-0.2, -0.15) is 0 Å². The van der Waals surface area contributed by atoms with Gasteiger partial charge in [-0.15, -0.1) is 11.3 Å². The van der Waals surface area contributed by atoms with Crippen LogP contribution < -0.4 is 14.8 Å². The Balaban J connectivity index is 1.97. The number of aryl methyl sites for hydroxylation is 1. The number of hydrogen-bond donors (Lipinski definition) is 1. The van der Waals surface area contributed by atoms with E-state index in [9.17, 15) is 14.4 Å². The summed E-state index contributed by atoms with van der Waals surface area (Å²) in [5, 5.41) is 3.11. The van der Waals surface area contributed by atoms with Crippen LogP contribution in [0, 0.1) is 0 Å². The van der Waals surface area contributed by atoms with Gasteiger partial charge in [0.15, 0.2) is 11.5 Å². The number of carbonyl (C=O) groups is 3. The Morgan fingerprint density at radius 3 is 2.38 bits per heavy atom. The summed E-state index contributed by atoms with van der Waals surface area (Å²) in [6.45, 7) is 0. The lowest BCUT2D eigenvalue weighted by Gasteiger charge is -2.12. The standard InChI is InChI=1S/C20H21NO7S/c1-25-12-7-5-10(9-13(12)26-2)17(22)21-18-16(20(24)28-4)15-11(19(23)27-3)6-8-14(15)29-18/h5,7,9,11H,6,8H2,1-4H3,(H,21,22)/t11-/m1/s1. The molecule has 0 unspecified atom stereocenters. The van der Waals surface area contributed by atoms with Gasteiger partial charge in [-0.3, -0.25) is 9.59 Å². The second-order valence-corrected chi connectivity index (χ2v) is 7.38. The minimum atomic E-state index is -0.610. The van der Waals surface area contributed by atoms with Crippen molar-refractivity contribution < 1.29 is 33.3 Å². The number of rotatable bonds is 6. The minimum absolute atomic E-state index is 0.203. The highest BCUT2D eigenvalue weighted by Crippen LogP contribution is 2.46. The van der Waals surface area contributed by atoms with Crippen molar-refractivity contribution in [2.24, 2.45) is 0 Å². The molecule has 1 aliphatic rings. The monoisotopic (exact) mass is 419 g/mol. The third-order valence-corrected chi connectivity index (χ3v) is 5.96. The number of carbonyl (C=O) groups excluding carboxylic acids is 3. The summed E-state index contributed by atoms with van der Waals surface area (Å²) in [5.41, 5.74) is 1.11. The summed E-state index contributed by atoms with van der Waals surface area (Å²) < 4.78 is 20.2. The Morgan fingerprint density at radius 2 is 1.76 bits per heavy atom. The smallest absolute Gasteiger partial charge is 0.341 e. The number of benzene rings is 1. The molecule has 1 atom stereocenters. The molecular formula is C20H21NO7S. The Labute approximate surface area is 171 Å². The molecule has 0 spiro atoms. The molecule has 0 bridgehead atoms. The molecule has 8 nitrogen and oxygen atoms in total. The van der Waals surface area contributed by atoms with E-state index in [-0.39, 0.29) is 5.56 Å². The quantitative estimate of drug-likeness (QED) is 0.719. The number of hydrogen-bond acceptors (Lipinski definition) is 8. The van der Waals surface area contributed by atoms with Crippen molar-refractivity contribution in [1.82, 2.24) is 0 Å². The van der Waals surface area contributed by atoms with Gasteiger partial charge in [-0.1, -0.05) is 0 Å². The highest BCUT2D eigenvalue weighted by Gasteiger charge is 2.38. The second-order valence-electron chi connectivity index (χ2n) is 6.27. The zero-order valence-corrected chi connectivity index (χ0v) is 17.3. The van der Waals surface area contributed by atoms with Crippen LogP contribution in [0.15, 0.2) is 18.2 Å². The van der Waals surface area contributed by atoms with Gasteiger partial charge in [0.1, 0.15) is 5.00 Å². The van der Waals surface area contributed by atoms with Gasteiger partial charge in [-0.05, 0) is 36.6 Å². The Kier molecular flexibility index (Phi) is 6.07. The van der Waals surface area contributed by atoms with E-state index in [1.54, 1.807) is 18.2 Å². The third-order valence-electron chi connectivity index (χ3n) is 4.78. The summed E-state index contributed by atoms with van der Waals surface area (Å²) in [6.07, 6.45) is 1.18. The average Bonchev–Trinajstić information content (AvgIpc) is 3.30. The van der Waals surface area contributed by atoms with E-state index in [1.165, 1.54) is 39.8 Å². The van der Waals surface area contributed by atoms with Gasteiger partial charge in [0.25, 0.3) is 5.91 Å². The van der Waals surface area contributed by atoms with Gasteiger partial charge in [0.05, 0.1) is 39.9 Å². The first-order valence-electron chi connectivity index (χ1n) is 8.80. The van der Waals surface area contributed by atoms with E-state index in [4.69, 9.17) is 18.9 Å². The fourth-order valence-corrected chi connectivity index (χ4v) is 4.65. The van der Waals surface area contributed by atoms with E-state index in [2.05, 4.69) is 5.32 Å². The van der Waals surface area contributed by atoms with Crippen LogP contribution in [0.4, 0.5) is 5.00 Å². The van der Waals surface area contributed by atoms with Crippen LogP contribution >= 0.6 is 11.3 Å². The minimum Gasteiger partial charge on any atom is -0.493 e. The highest BCUT2D eigenvalue weighted by molar-refractivity contribution is 7.17. The van der Waals surface area contributed by atoms with Crippen molar-refractivity contribution >= 4 is 34.2 Å². The number of nitrogens with one attached hydrogen (secondary N) is 1. The van der Waals surface area contributed by atoms with Crippen LogP contribution in [-0.2, 0) is 20.7 Å². The topological polar surface area (TPSA) is 100 Å². The molecule has 9 heteroatoms. The molecule has 1 N–H and O–H groups in total. The first-order chi connectivity index (χ1) is 13.9. The predicted molar refractivity (Wildman–Crippen MR) is 106 cm³/mol. The maximum absolute atomic E-state index is 12.8. The molecule has 1 aromatic carbocycles. The summed E-state index contributed by atoms with van der Waals surface area (Å²) in [7, 11) is 5.55. The van der Waals surface area contributed by atoms with E-state index < -0.39 is 23.8 Å². The SMILES string of the molecule is COC(=O)c1c(NC(=O)c2ccc(OC)c(OC)c2)sc2c1[C@H](C(=O)OC)CC2. The van der Waals surface area contributed by atoms with E-state index in [1.807, 2.05) is 0 Å². The summed E-state index contributed by atoms with van der Waals surface area (Å²) in [6, 6.07) is 4.76. The van der Waals surface area contributed by atoms with E-state index in [0.717, 1.165) is 4.88 Å². The number of esters is 2. The van der Waals surface area contributed by atoms with Gasteiger partial charge in [0.2, 0.25) is 0 Å². The molecule has 1 amide bonds. The largest absolute Gasteiger partial charge is 0.493 e. The van der Waals surface area contributed by atoms with E-state index in [0.29, 0.717) is 40.5 Å².